The maximum Gasteiger partial charge on any atom is 0.227 e. The van der Waals surface area contributed by atoms with Gasteiger partial charge in [0.2, 0.25) is 5.91 Å². The van der Waals surface area contributed by atoms with E-state index >= 15 is 0 Å². The third kappa shape index (κ3) is 4.51. The number of halogens is 1. The highest BCUT2D eigenvalue weighted by atomic mass is 35.5. The van der Waals surface area contributed by atoms with Crippen LogP contribution < -0.4 is 10.6 Å². The largest absolute Gasteiger partial charge is 0.326 e. The number of anilines is 1. The molecule has 1 aliphatic heterocycles. The lowest BCUT2D eigenvalue weighted by Crippen LogP contribution is -2.34. The lowest BCUT2D eigenvalue weighted by atomic mass is 9.97. The van der Waals surface area contributed by atoms with Gasteiger partial charge in [0.15, 0.2) is 0 Å². The smallest absolute Gasteiger partial charge is 0.227 e. The van der Waals surface area contributed by atoms with E-state index in [0.29, 0.717) is 5.92 Å². The average Bonchev–Trinajstić information content (AvgIpc) is 2.40. The van der Waals surface area contributed by atoms with Crippen molar-refractivity contribution in [2.75, 3.05) is 18.4 Å². The lowest BCUT2D eigenvalue weighted by Gasteiger charge is -2.21. The summed E-state index contributed by atoms with van der Waals surface area (Å²) in [6.07, 6.45) is 1.88. The minimum atomic E-state index is 0. The minimum absolute atomic E-state index is 0. The normalized spacial score (nSPS) is 15.9. The third-order valence-corrected chi connectivity index (χ3v) is 3.55. The number of carbonyl (C=O) groups excluding carboxylic acids is 1. The van der Waals surface area contributed by atoms with E-state index in [9.17, 15) is 4.79 Å². The summed E-state index contributed by atoms with van der Waals surface area (Å²) in [7, 11) is 0. The van der Waals surface area contributed by atoms with Crippen molar-refractivity contribution < 1.29 is 4.79 Å². The molecule has 1 amide bonds. The summed E-state index contributed by atoms with van der Waals surface area (Å²) in [4.78, 5) is 12.0. The molecule has 2 N–H and O–H groups in total. The second-order valence-corrected chi connectivity index (χ2v) is 5.29. The van der Waals surface area contributed by atoms with Gasteiger partial charge in [-0.3, -0.25) is 4.79 Å². The van der Waals surface area contributed by atoms with Gasteiger partial charge in [-0.05, 0) is 49.5 Å². The lowest BCUT2D eigenvalue weighted by molar-refractivity contribution is -0.120. The van der Waals surface area contributed by atoms with Crippen LogP contribution in [0.3, 0.4) is 0 Å². The first kappa shape index (κ1) is 16.0. The van der Waals surface area contributed by atoms with Crippen LogP contribution in [0.5, 0.6) is 0 Å². The van der Waals surface area contributed by atoms with Crippen molar-refractivity contribution in [2.45, 2.75) is 32.6 Å². The van der Waals surface area contributed by atoms with E-state index in [4.69, 9.17) is 0 Å². The van der Waals surface area contributed by atoms with Crippen molar-refractivity contribution in [1.82, 2.24) is 5.32 Å². The number of benzene rings is 1. The van der Waals surface area contributed by atoms with Crippen LogP contribution in [0.25, 0.3) is 0 Å². The molecular weight excluding hydrogens is 260 g/mol. The summed E-state index contributed by atoms with van der Waals surface area (Å²) in [5.41, 5.74) is 2.21. The molecular formula is C15H23ClN2O. The van der Waals surface area contributed by atoms with E-state index in [2.05, 4.69) is 36.6 Å². The molecule has 0 saturated carbocycles. The molecule has 19 heavy (non-hydrogen) atoms. The summed E-state index contributed by atoms with van der Waals surface area (Å²) >= 11 is 0. The molecule has 0 aliphatic carbocycles. The molecule has 0 atom stereocenters. The Bertz CT molecular complexity index is 397. The number of rotatable bonds is 3. The van der Waals surface area contributed by atoms with Gasteiger partial charge in [-0.2, -0.15) is 0 Å². The fraction of sp³-hybridized carbons (Fsp3) is 0.533. The van der Waals surface area contributed by atoms with E-state index in [-0.39, 0.29) is 24.2 Å². The van der Waals surface area contributed by atoms with Crippen molar-refractivity contribution in [3.8, 4) is 0 Å². The quantitative estimate of drug-likeness (QED) is 0.894. The fourth-order valence-electron chi connectivity index (χ4n) is 2.28. The molecule has 0 unspecified atom stereocenters. The summed E-state index contributed by atoms with van der Waals surface area (Å²) in [5.74, 6) is 0.851. The minimum Gasteiger partial charge on any atom is -0.326 e. The zero-order valence-electron chi connectivity index (χ0n) is 11.6. The SMILES string of the molecule is CC(C)c1ccc(NC(=O)C2CCNCC2)cc1.Cl. The summed E-state index contributed by atoms with van der Waals surface area (Å²) in [6.45, 7) is 6.24. The van der Waals surface area contributed by atoms with Crippen molar-refractivity contribution in [1.29, 1.82) is 0 Å². The van der Waals surface area contributed by atoms with Gasteiger partial charge in [-0.25, -0.2) is 0 Å². The van der Waals surface area contributed by atoms with Gasteiger partial charge in [0.05, 0.1) is 0 Å². The molecule has 4 heteroatoms. The molecule has 1 saturated heterocycles. The van der Waals surface area contributed by atoms with E-state index in [1.165, 1.54) is 5.56 Å². The predicted octanol–water partition coefficient (Wildman–Crippen LogP) is 3.17. The molecule has 3 nitrogen and oxygen atoms in total. The number of piperidine rings is 1. The van der Waals surface area contributed by atoms with Gasteiger partial charge < -0.3 is 10.6 Å². The molecule has 0 aromatic heterocycles. The zero-order valence-corrected chi connectivity index (χ0v) is 12.4. The Morgan fingerprint density at radius 1 is 1.21 bits per heavy atom. The molecule has 0 spiro atoms. The third-order valence-electron chi connectivity index (χ3n) is 3.55. The van der Waals surface area contributed by atoms with Crippen LogP contribution in [0.1, 0.15) is 38.2 Å². The first-order valence-electron chi connectivity index (χ1n) is 6.78. The number of carbonyl (C=O) groups is 1. The van der Waals surface area contributed by atoms with Gasteiger partial charge in [0.25, 0.3) is 0 Å². The maximum absolute atomic E-state index is 12.0. The molecule has 1 heterocycles. The molecule has 1 aliphatic rings. The summed E-state index contributed by atoms with van der Waals surface area (Å²) in [6, 6.07) is 8.16. The van der Waals surface area contributed by atoms with Crippen LogP contribution in [0.2, 0.25) is 0 Å². The standard InChI is InChI=1S/C15H22N2O.ClH/c1-11(2)12-3-5-14(6-4-12)17-15(18)13-7-9-16-10-8-13;/h3-6,11,13,16H,7-10H2,1-2H3,(H,17,18);1H. The Morgan fingerprint density at radius 2 is 1.79 bits per heavy atom. The Labute approximate surface area is 121 Å². The molecule has 0 radical (unpaired) electrons. The molecule has 1 aromatic carbocycles. The van der Waals surface area contributed by atoms with Crippen LogP contribution in [-0.2, 0) is 4.79 Å². The van der Waals surface area contributed by atoms with E-state index in [1.54, 1.807) is 0 Å². The van der Waals surface area contributed by atoms with Crippen molar-refractivity contribution in [3.63, 3.8) is 0 Å². The number of hydrogen-bond acceptors (Lipinski definition) is 2. The van der Waals surface area contributed by atoms with Gasteiger partial charge in [0.1, 0.15) is 0 Å². The van der Waals surface area contributed by atoms with Crippen LogP contribution in [0, 0.1) is 5.92 Å². The van der Waals surface area contributed by atoms with Crippen LogP contribution >= 0.6 is 12.4 Å². The second kappa shape index (κ2) is 7.51. The number of amides is 1. The van der Waals surface area contributed by atoms with E-state index in [0.717, 1.165) is 31.6 Å². The Balaban J connectivity index is 0.00000180. The molecule has 0 bridgehead atoms. The summed E-state index contributed by atoms with van der Waals surface area (Å²) in [5, 5.41) is 6.28. The average molecular weight is 283 g/mol. The molecule has 106 valence electrons. The van der Waals surface area contributed by atoms with Crippen LogP contribution in [0.15, 0.2) is 24.3 Å². The number of nitrogens with one attached hydrogen (secondary N) is 2. The van der Waals surface area contributed by atoms with Gasteiger partial charge in [-0.15, -0.1) is 12.4 Å². The molecule has 1 aromatic rings. The van der Waals surface area contributed by atoms with Gasteiger partial charge in [-0.1, -0.05) is 26.0 Å². The highest BCUT2D eigenvalue weighted by Crippen LogP contribution is 2.19. The van der Waals surface area contributed by atoms with Gasteiger partial charge >= 0.3 is 0 Å². The summed E-state index contributed by atoms with van der Waals surface area (Å²) < 4.78 is 0. The van der Waals surface area contributed by atoms with E-state index < -0.39 is 0 Å². The first-order chi connectivity index (χ1) is 8.66. The number of hydrogen-bond donors (Lipinski definition) is 2. The maximum atomic E-state index is 12.0. The van der Waals surface area contributed by atoms with E-state index in [1.807, 2.05) is 12.1 Å². The highest BCUT2D eigenvalue weighted by Gasteiger charge is 2.20. The second-order valence-electron chi connectivity index (χ2n) is 5.29. The topological polar surface area (TPSA) is 41.1 Å². The zero-order chi connectivity index (χ0) is 13.0. The molecule has 1 fully saturated rings. The van der Waals surface area contributed by atoms with Crippen molar-refractivity contribution in [3.05, 3.63) is 29.8 Å². The van der Waals surface area contributed by atoms with Crippen LogP contribution in [0.4, 0.5) is 5.69 Å². The Morgan fingerprint density at radius 3 is 2.32 bits per heavy atom. The first-order valence-corrected chi connectivity index (χ1v) is 6.78. The Kier molecular flexibility index (Phi) is 6.32. The molecule has 2 rings (SSSR count). The van der Waals surface area contributed by atoms with Gasteiger partial charge in [0, 0.05) is 11.6 Å². The van der Waals surface area contributed by atoms with Crippen molar-refractivity contribution >= 4 is 24.0 Å². The Hall–Kier alpha value is -1.06. The monoisotopic (exact) mass is 282 g/mol. The predicted molar refractivity (Wildman–Crippen MR) is 82.0 cm³/mol. The highest BCUT2D eigenvalue weighted by molar-refractivity contribution is 5.92. The van der Waals surface area contributed by atoms with Crippen LogP contribution in [-0.4, -0.2) is 19.0 Å². The fourth-order valence-corrected chi connectivity index (χ4v) is 2.28. The van der Waals surface area contributed by atoms with Crippen molar-refractivity contribution in [2.24, 2.45) is 5.92 Å².